The van der Waals surface area contributed by atoms with Gasteiger partial charge < -0.3 is 5.73 Å². The first kappa shape index (κ1) is 24.4. The number of H-pyrrole nitrogens is 1. The van der Waals surface area contributed by atoms with E-state index in [1.165, 1.54) is 9.47 Å². The van der Waals surface area contributed by atoms with Crippen molar-refractivity contribution in [2.45, 2.75) is 39.4 Å². The predicted molar refractivity (Wildman–Crippen MR) is 134 cm³/mol. The van der Waals surface area contributed by atoms with Crippen LogP contribution in [0.15, 0.2) is 75.0 Å². The largest absolute Gasteiger partial charge is 0.383 e. The van der Waals surface area contributed by atoms with Crippen molar-refractivity contribution < 1.29 is 4.79 Å². The molecule has 2 aromatic carbocycles. The molecule has 2 heterocycles. The number of nitrogens with two attached hydrogens (primary N) is 1. The van der Waals surface area contributed by atoms with Crippen LogP contribution in [-0.2, 0) is 24.4 Å². The average Bonchev–Trinajstić information content (AvgIpc) is 3.24. The van der Waals surface area contributed by atoms with Crippen LogP contribution >= 0.6 is 0 Å². The maximum atomic E-state index is 13.5. The zero-order valence-corrected chi connectivity index (χ0v) is 19.7. The summed E-state index contributed by atoms with van der Waals surface area (Å²) in [6, 6.07) is 17.6. The molecule has 12 nitrogen and oxygen atoms in total. The summed E-state index contributed by atoms with van der Waals surface area (Å²) < 4.78 is 3.22. The number of para-hydroxylation sites is 1. The van der Waals surface area contributed by atoms with Crippen LogP contribution in [0.2, 0.25) is 0 Å². The second-order valence-electron chi connectivity index (χ2n) is 8.13. The van der Waals surface area contributed by atoms with E-state index in [-0.39, 0.29) is 24.6 Å². The highest BCUT2D eigenvalue weighted by atomic mass is 16.2. The number of anilines is 2. The van der Waals surface area contributed by atoms with Crippen molar-refractivity contribution in [1.29, 1.82) is 0 Å². The summed E-state index contributed by atoms with van der Waals surface area (Å²) in [7, 11) is 0. The minimum Gasteiger partial charge on any atom is -0.383 e. The third kappa shape index (κ3) is 5.02. The van der Waals surface area contributed by atoms with Gasteiger partial charge in [0.05, 0.1) is 12.2 Å². The fraction of sp³-hybridized carbons (Fsp3) is 0.250. The highest BCUT2D eigenvalue weighted by Crippen LogP contribution is 2.20. The van der Waals surface area contributed by atoms with Gasteiger partial charge in [-0.15, -0.1) is 0 Å². The van der Waals surface area contributed by atoms with Crippen LogP contribution in [0.25, 0.3) is 5.69 Å². The minimum absolute atomic E-state index is 0.0134. The molecule has 0 atom stereocenters. The van der Waals surface area contributed by atoms with Crippen LogP contribution in [-0.4, -0.2) is 35.2 Å². The number of carbonyl (C=O) groups is 1. The molecule has 36 heavy (non-hydrogen) atoms. The van der Waals surface area contributed by atoms with Crippen LogP contribution in [0.3, 0.4) is 0 Å². The Hall–Kier alpha value is -4.74. The van der Waals surface area contributed by atoms with E-state index in [0.29, 0.717) is 12.1 Å². The van der Waals surface area contributed by atoms with Crippen molar-refractivity contribution in [1.82, 2.24) is 29.3 Å². The monoisotopic (exact) mass is 490 g/mol. The number of nitrogen functional groups attached to an aromatic ring is 1. The lowest BCUT2D eigenvalue weighted by Gasteiger charge is -2.24. The standard InChI is InChI=1S/C24H26N8O4/c1-2-3-14-29-21(25)20(22(34)26-23(29)35)30(15-17-10-6-4-7-11-17)19(33)16-31-24(36)32(28-27-31)18-12-8-5-9-13-18/h4-13H,2-3,14-16,25H2,1H3,(H,26,34,35). The first-order valence-corrected chi connectivity index (χ1v) is 11.5. The molecule has 0 bridgehead atoms. The first-order chi connectivity index (χ1) is 17.4. The van der Waals surface area contributed by atoms with E-state index in [9.17, 15) is 19.2 Å². The van der Waals surface area contributed by atoms with Gasteiger partial charge in [0, 0.05) is 6.54 Å². The average molecular weight is 491 g/mol. The van der Waals surface area contributed by atoms with E-state index in [1.54, 1.807) is 54.6 Å². The minimum atomic E-state index is -0.796. The third-order valence-corrected chi connectivity index (χ3v) is 5.63. The Morgan fingerprint density at radius 2 is 1.67 bits per heavy atom. The summed E-state index contributed by atoms with van der Waals surface area (Å²) >= 11 is 0. The van der Waals surface area contributed by atoms with Gasteiger partial charge in [0.25, 0.3) is 5.56 Å². The smallest absolute Gasteiger partial charge is 0.368 e. The fourth-order valence-electron chi connectivity index (χ4n) is 3.75. The molecule has 0 aliphatic rings. The van der Waals surface area contributed by atoms with Crippen LogP contribution in [0.4, 0.5) is 11.5 Å². The molecular weight excluding hydrogens is 464 g/mol. The molecule has 4 rings (SSSR count). The van der Waals surface area contributed by atoms with Crippen molar-refractivity contribution in [2.24, 2.45) is 0 Å². The van der Waals surface area contributed by atoms with E-state index in [1.807, 2.05) is 13.0 Å². The Morgan fingerprint density at radius 3 is 2.33 bits per heavy atom. The molecule has 3 N–H and O–H groups in total. The van der Waals surface area contributed by atoms with E-state index < -0.39 is 29.4 Å². The second-order valence-corrected chi connectivity index (χ2v) is 8.13. The lowest BCUT2D eigenvalue weighted by atomic mass is 10.2. The summed E-state index contributed by atoms with van der Waals surface area (Å²) in [4.78, 5) is 55.1. The van der Waals surface area contributed by atoms with Gasteiger partial charge in [0.15, 0.2) is 5.69 Å². The van der Waals surface area contributed by atoms with Crippen LogP contribution < -0.4 is 27.6 Å². The number of nitrogens with one attached hydrogen (secondary N) is 1. The Morgan fingerprint density at radius 1 is 1.00 bits per heavy atom. The molecule has 0 saturated heterocycles. The Bertz CT molecular complexity index is 1520. The molecule has 1 amide bonds. The summed E-state index contributed by atoms with van der Waals surface area (Å²) in [6.07, 6.45) is 1.45. The number of hydrogen-bond acceptors (Lipinski definition) is 7. The van der Waals surface area contributed by atoms with Crippen LogP contribution in [0.1, 0.15) is 25.3 Å². The number of unbranched alkanes of at least 4 members (excludes halogenated alkanes) is 1. The summed E-state index contributed by atoms with van der Waals surface area (Å²) in [5.74, 6) is -0.749. The maximum absolute atomic E-state index is 13.5. The normalized spacial score (nSPS) is 10.9. The summed E-state index contributed by atoms with van der Waals surface area (Å²) in [6.45, 7) is 1.73. The van der Waals surface area contributed by atoms with E-state index >= 15 is 0 Å². The van der Waals surface area contributed by atoms with Gasteiger partial charge in [-0.05, 0) is 34.5 Å². The summed E-state index contributed by atoms with van der Waals surface area (Å²) in [5, 5.41) is 7.69. The van der Waals surface area contributed by atoms with Gasteiger partial charge in [-0.3, -0.25) is 24.0 Å². The molecular formula is C24H26N8O4. The number of aromatic nitrogens is 6. The number of nitrogens with zero attached hydrogens (tertiary/aromatic N) is 6. The van der Waals surface area contributed by atoms with Gasteiger partial charge in [-0.2, -0.15) is 9.36 Å². The molecule has 0 aliphatic heterocycles. The molecule has 0 fully saturated rings. The molecule has 4 aromatic rings. The molecule has 0 unspecified atom stereocenters. The number of tetrazole rings is 1. The molecule has 0 radical (unpaired) electrons. The SMILES string of the molecule is CCCCn1c(N)c(N(Cc2ccccc2)C(=O)Cn2nnn(-c3ccccc3)c2=O)c(=O)[nH]c1=O. The Balaban J connectivity index is 1.74. The van der Waals surface area contributed by atoms with Crippen LogP contribution in [0.5, 0.6) is 0 Å². The van der Waals surface area contributed by atoms with Crippen molar-refractivity contribution in [2.75, 3.05) is 10.6 Å². The number of amides is 1. The summed E-state index contributed by atoms with van der Waals surface area (Å²) in [5.41, 5.74) is 5.25. The van der Waals surface area contributed by atoms with E-state index in [2.05, 4.69) is 15.4 Å². The van der Waals surface area contributed by atoms with Crippen LogP contribution in [0, 0.1) is 0 Å². The van der Waals surface area contributed by atoms with Crippen molar-refractivity contribution in [3.63, 3.8) is 0 Å². The fourth-order valence-corrected chi connectivity index (χ4v) is 3.75. The lowest BCUT2D eigenvalue weighted by Crippen LogP contribution is -2.43. The highest BCUT2D eigenvalue weighted by Gasteiger charge is 2.26. The number of aromatic amines is 1. The molecule has 0 aliphatic carbocycles. The van der Waals surface area contributed by atoms with E-state index in [4.69, 9.17) is 5.73 Å². The van der Waals surface area contributed by atoms with Crippen molar-refractivity contribution in [3.05, 3.63) is 97.5 Å². The Kier molecular flexibility index (Phi) is 7.23. The molecule has 2 aromatic heterocycles. The van der Waals surface area contributed by atoms with E-state index in [0.717, 1.165) is 21.3 Å². The maximum Gasteiger partial charge on any atom is 0.368 e. The van der Waals surface area contributed by atoms with Gasteiger partial charge in [-0.25, -0.2) is 9.59 Å². The third-order valence-electron chi connectivity index (χ3n) is 5.63. The number of carbonyl (C=O) groups excluding carboxylic acids is 1. The van der Waals surface area contributed by atoms with Crippen molar-refractivity contribution in [3.8, 4) is 5.69 Å². The van der Waals surface area contributed by atoms with Gasteiger partial charge >= 0.3 is 11.4 Å². The molecule has 0 saturated carbocycles. The topological polar surface area (TPSA) is 154 Å². The predicted octanol–water partition coefficient (Wildman–Crippen LogP) is 0.895. The number of rotatable bonds is 9. The molecule has 186 valence electrons. The lowest BCUT2D eigenvalue weighted by molar-refractivity contribution is -0.119. The second kappa shape index (κ2) is 10.7. The number of benzene rings is 2. The van der Waals surface area contributed by atoms with Gasteiger partial charge in [-0.1, -0.05) is 61.9 Å². The Labute approximate surface area is 205 Å². The number of hydrogen-bond donors (Lipinski definition) is 2. The quantitative estimate of drug-likeness (QED) is 0.353. The zero-order chi connectivity index (χ0) is 25.7. The van der Waals surface area contributed by atoms with Gasteiger partial charge in [0.2, 0.25) is 5.91 Å². The molecule has 12 heteroatoms. The first-order valence-electron chi connectivity index (χ1n) is 11.5. The molecule has 0 spiro atoms. The van der Waals surface area contributed by atoms with Crippen molar-refractivity contribution >= 4 is 17.4 Å². The zero-order valence-electron chi connectivity index (χ0n) is 19.7. The highest BCUT2D eigenvalue weighted by molar-refractivity contribution is 5.95. The van der Waals surface area contributed by atoms with Gasteiger partial charge in [0.1, 0.15) is 12.4 Å².